The highest BCUT2D eigenvalue weighted by atomic mass is 79.9. The van der Waals surface area contributed by atoms with E-state index in [9.17, 15) is 4.79 Å². The molecule has 0 fully saturated rings. The summed E-state index contributed by atoms with van der Waals surface area (Å²) in [4.78, 5) is 10.4. The Morgan fingerprint density at radius 1 is 1.67 bits per heavy atom. The Morgan fingerprint density at radius 3 is 3.00 bits per heavy atom. The third-order valence-corrected chi connectivity index (χ3v) is 2.30. The number of rotatable bonds is 3. The number of hydrazone groups is 1. The number of carbonyl (C=O) groups is 1. The molecule has 1 rings (SSSR count). The smallest absolute Gasteiger partial charge is 0.332 e. The first-order valence-corrected chi connectivity index (χ1v) is 4.85. The molecular formula is C9H10BrN3O2. The molecule has 0 aliphatic heterocycles. The van der Waals surface area contributed by atoms with Crippen molar-refractivity contribution in [2.45, 2.75) is 0 Å². The summed E-state index contributed by atoms with van der Waals surface area (Å²) in [6.45, 7) is 0. The normalized spacial score (nSPS) is 10.3. The lowest BCUT2D eigenvalue weighted by Crippen LogP contribution is -2.24. The second kappa shape index (κ2) is 5.35. The molecule has 1 aromatic carbocycles. The number of hydrogen-bond acceptors (Lipinski definition) is 3. The van der Waals surface area contributed by atoms with Crippen LogP contribution in [0.5, 0.6) is 5.75 Å². The van der Waals surface area contributed by atoms with Gasteiger partial charge in [0.1, 0.15) is 5.75 Å². The maximum Gasteiger partial charge on any atom is 0.332 e. The van der Waals surface area contributed by atoms with E-state index in [2.05, 4.69) is 26.5 Å². The highest BCUT2D eigenvalue weighted by Crippen LogP contribution is 2.20. The molecule has 0 spiro atoms. The minimum absolute atomic E-state index is 0.703. The summed E-state index contributed by atoms with van der Waals surface area (Å²) in [6.07, 6.45) is 1.47. The van der Waals surface area contributed by atoms with E-state index >= 15 is 0 Å². The number of nitrogens with one attached hydrogen (secondary N) is 1. The van der Waals surface area contributed by atoms with Crippen LogP contribution < -0.4 is 15.9 Å². The summed E-state index contributed by atoms with van der Waals surface area (Å²) < 4.78 is 5.89. The summed E-state index contributed by atoms with van der Waals surface area (Å²) >= 11 is 3.34. The van der Waals surface area contributed by atoms with E-state index in [1.54, 1.807) is 13.2 Å². The summed E-state index contributed by atoms with van der Waals surface area (Å²) in [5, 5.41) is 3.64. The monoisotopic (exact) mass is 271 g/mol. The van der Waals surface area contributed by atoms with E-state index in [-0.39, 0.29) is 0 Å². The van der Waals surface area contributed by atoms with E-state index in [0.29, 0.717) is 5.75 Å². The van der Waals surface area contributed by atoms with Crippen LogP contribution >= 0.6 is 15.9 Å². The third-order valence-electron chi connectivity index (χ3n) is 1.58. The fourth-order valence-corrected chi connectivity index (χ4v) is 1.26. The van der Waals surface area contributed by atoms with Gasteiger partial charge in [-0.1, -0.05) is 15.9 Å². The van der Waals surface area contributed by atoms with E-state index in [0.717, 1.165) is 10.0 Å². The number of hydrogen-bond donors (Lipinski definition) is 2. The van der Waals surface area contributed by atoms with Crippen molar-refractivity contribution in [2.75, 3.05) is 7.11 Å². The number of halogens is 1. The summed E-state index contributed by atoms with van der Waals surface area (Å²) in [6, 6.07) is 4.70. The van der Waals surface area contributed by atoms with Crippen LogP contribution in [0.25, 0.3) is 0 Å². The Labute approximate surface area is 95.4 Å². The topological polar surface area (TPSA) is 76.7 Å². The van der Waals surface area contributed by atoms with Gasteiger partial charge < -0.3 is 10.5 Å². The van der Waals surface area contributed by atoms with Crippen LogP contribution in [0.4, 0.5) is 4.79 Å². The average molecular weight is 272 g/mol. The number of amides is 2. The first kappa shape index (κ1) is 11.5. The van der Waals surface area contributed by atoms with Crippen LogP contribution in [0, 0.1) is 0 Å². The van der Waals surface area contributed by atoms with Crippen LogP contribution in [0.1, 0.15) is 5.56 Å². The van der Waals surface area contributed by atoms with Crippen LogP contribution in [0.3, 0.4) is 0 Å². The third kappa shape index (κ3) is 3.59. The predicted octanol–water partition coefficient (Wildman–Crippen LogP) is 1.46. The van der Waals surface area contributed by atoms with E-state index in [4.69, 9.17) is 10.5 Å². The molecule has 5 nitrogen and oxygen atoms in total. The van der Waals surface area contributed by atoms with Gasteiger partial charge in [0.2, 0.25) is 0 Å². The predicted molar refractivity (Wildman–Crippen MR) is 61.0 cm³/mol. The van der Waals surface area contributed by atoms with Gasteiger partial charge >= 0.3 is 6.03 Å². The molecule has 0 aromatic heterocycles. The fourth-order valence-electron chi connectivity index (χ4n) is 0.913. The molecule has 0 radical (unpaired) electrons. The van der Waals surface area contributed by atoms with Crippen LogP contribution in [0.2, 0.25) is 0 Å². The number of ether oxygens (including phenoxy) is 1. The molecule has 0 saturated carbocycles. The molecule has 2 amide bonds. The maximum absolute atomic E-state index is 10.4. The molecule has 0 unspecified atom stereocenters. The van der Waals surface area contributed by atoms with Crippen molar-refractivity contribution in [3.8, 4) is 5.75 Å². The lowest BCUT2D eigenvalue weighted by molar-refractivity contribution is 0.249. The highest BCUT2D eigenvalue weighted by Gasteiger charge is 1.99. The zero-order valence-corrected chi connectivity index (χ0v) is 9.61. The van der Waals surface area contributed by atoms with Crippen molar-refractivity contribution in [3.05, 3.63) is 28.2 Å². The number of nitrogens with zero attached hydrogens (tertiary/aromatic N) is 1. The number of urea groups is 1. The Bertz CT molecular complexity index is 393. The van der Waals surface area contributed by atoms with Crippen molar-refractivity contribution in [3.63, 3.8) is 0 Å². The Balaban J connectivity index is 2.83. The fraction of sp³-hybridized carbons (Fsp3) is 0.111. The number of primary amides is 1. The second-order valence-electron chi connectivity index (χ2n) is 2.62. The zero-order valence-electron chi connectivity index (χ0n) is 8.03. The lowest BCUT2D eigenvalue weighted by Gasteiger charge is -2.02. The van der Waals surface area contributed by atoms with Gasteiger partial charge in [0.05, 0.1) is 13.3 Å². The standard InChI is InChI=1S/C9H10BrN3O2/c1-15-7-2-3-8(10)6(4-7)5-12-13-9(11)14/h2-5H,1H3,(H3,11,13,14)/b12-5+. The van der Waals surface area contributed by atoms with Gasteiger partial charge in [0.25, 0.3) is 0 Å². The van der Waals surface area contributed by atoms with Crippen molar-refractivity contribution in [1.82, 2.24) is 5.43 Å². The van der Waals surface area contributed by atoms with E-state index in [1.807, 2.05) is 12.1 Å². The van der Waals surface area contributed by atoms with Crippen molar-refractivity contribution in [1.29, 1.82) is 0 Å². The largest absolute Gasteiger partial charge is 0.497 e. The lowest BCUT2D eigenvalue weighted by atomic mass is 10.2. The number of methoxy groups -OCH3 is 1. The summed E-state index contributed by atoms with van der Waals surface area (Å²) in [5.74, 6) is 0.707. The molecule has 6 heteroatoms. The molecule has 0 aliphatic rings. The van der Waals surface area contributed by atoms with Gasteiger partial charge in [-0.25, -0.2) is 10.2 Å². The van der Waals surface area contributed by atoms with Crippen molar-refractivity contribution in [2.24, 2.45) is 10.8 Å². The Morgan fingerprint density at radius 2 is 2.40 bits per heavy atom. The highest BCUT2D eigenvalue weighted by molar-refractivity contribution is 9.10. The average Bonchev–Trinajstić information content (AvgIpc) is 2.20. The SMILES string of the molecule is COc1ccc(Br)c(/C=N/NC(N)=O)c1. The molecular weight excluding hydrogens is 262 g/mol. The molecule has 3 N–H and O–H groups in total. The minimum Gasteiger partial charge on any atom is -0.497 e. The van der Waals surface area contributed by atoms with Gasteiger partial charge in [-0.05, 0) is 18.2 Å². The number of carbonyl (C=O) groups excluding carboxylic acids is 1. The quantitative estimate of drug-likeness (QED) is 0.645. The summed E-state index contributed by atoms with van der Waals surface area (Å²) in [5.41, 5.74) is 7.74. The van der Waals surface area contributed by atoms with Crippen molar-refractivity contribution >= 4 is 28.2 Å². The van der Waals surface area contributed by atoms with Crippen LogP contribution in [-0.2, 0) is 0 Å². The maximum atomic E-state index is 10.4. The Hall–Kier alpha value is -1.56. The molecule has 0 atom stereocenters. The molecule has 0 heterocycles. The van der Waals surface area contributed by atoms with Crippen LogP contribution in [0.15, 0.2) is 27.8 Å². The second-order valence-corrected chi connectivity index (χ2v) is 3.48. The first-order chi connectivity index (χ1) is 7.13. The molecule has 80 valence electrons. The molecule has 15 heavy (non-hydrogen) atoms. The van der Waals surface area contributed by atoms with Gasteiger partial charge in [0.15, 0.2) is 0 Å². The van der Waals surface area contributed by atoms with Gasteiger partial charge in [0, 0.05) is 10.0 Å². The number of benzene rings is 1. The Kier molecular flexibility index (Phi) is 4.11. The van der Waals surface area contributed by atoms with Gasteiger partial charge in [-0.3, -0.25) is 0 Å². The van der Waals surface area contributed by atoms with E-state index in [1.165, 1.54) is 6.21 Å². The molecule has 0 bridgehead atoms. The molecule has 1 aromatic rings. The van der Waals surface area contributed by atoms with E-state index < -0.39 is 6.03 Å². The number of nitrogens with two attached hydrogens (primary N) is 1. The minimum atomic E-state index is -0.703. The van der Waals surface area contributed by atoms with Crippen molar-refractivity contribution < 1.29 is 9.53 Å². The van der Waals surface area contributed by atoms with Gasteiger partial charge in [-0.2, -0.15) is 5.10 Å². The molecule has 0 saturated heterocycles. The van der Waals surface area contributed by atoms with Gasteiger partial charge in [-0.15, -0.1) is 0 Å². The molecule has 0 aliphatic carbocycles. The van der Waals surface area contributed by atoms with Crippen LogP contribution in [-0.4, -0.2) is 19.4 Å². The zero-order chi connectivity index (χ0) is 11.3. The first-order valence-electron chi connectivity index (χ1n) is 4.05. The summed E-state index contributed by atoms with van der Waals surface area (Å²) in [7, 11) is 1.58.